The third-order valence-electron chi connectivity index (χ3n) is 1.84. The molecule has 6 heteroatoms. The first-order valence-electron chi connectivity index (χ1n) is 4.69. The highest BCUT2D eigenvalue weighted by molar-refractivity contribution is 7.11. The first-order valence-corrected chi connectivity index (χ1v) is 5.51. The van der Waals surface area contributed by atoms with Crippen LogP contribution in [0.4, 0.5) is 13.2 Å². The summed E-state index contributed by atoms with van der Waals surface area (Å²) in [6.07, 6.45) is -2.92. The van der Waals surface area contributed by atoms with Crippen molar-refractivity contribution in [3.05, 3.63) is 15.6 Å². The molecule has 0 spiro atoms. The fourth-order valence-corrected chi connectivity index (χ4v) is 2.22. The van der Waals surface area contributed by atoms with Crippen molar-refractivity contribution in [2.75, 3.05) is 7.05 Å². The fourth-order valence-electron chi connectivity index (χ4n) is 1.24. The van der Waals surface area contributed by atoms with Crippen LogP contribution in [0.1, 0.15) is 28.9 Å². The van der Waals surface area contributed by atoms with E-state index in [4.69, 9.17) is 0 Å². The van der Waals surface area contributed by atoms with Gasteiger partial charge in [0.2, 0.25) is 0 Å². The minimum atomic E-state index is -4.32. The van der Waals surface area contributed by atoms with E-state index in [0.29, 0.717) is 23.5 Å². The number of aromatic nitrogens is 1. The van der Waals surface area contributed by atoms with Gasteiger partial charge in [0.15, 0.2) is 5.01 Å². The summed E-state index contributed by atoms with van der Waals surface area (Å²) in [7, 11) is 1.71. The molecule has 0 bridgehead atoms. The quantitative estimate of drug-likeness (QED) is 0.872. The molecule has 0 unspecified atom stereocenters. The lowest BCUT2D eigenvalue weighted by Crippen LogP contribution is -2.05. The average molecular weight is 238 g/mol. The Kier molecular flexibility index (Phi) is 4.10. The summed E-state index contributed by atoms with van der Waals surface area (Å²) >= 11 is 0.732. The molecule has 1 aromatic rings. The van der Waals surface area contributed by atoms with Gasteiger partial charge in [0.05, 0.1) is 5.69 Å². The summed E-state index contributed by atoms with van der Waals surface area (Å²) in [5, 5.41) is 2.11. The van der Waals surface area contributed by atoms with Crippen LogP contribution in [0, 0.1) is 0 Å². The van der Waals surface area contributed by atoms with Crippen molar-refractivity contribution in [1.29, 1.82) is 0 Å². The van der Waals surface area contributed by atoms with Crippen molar-refractivity contribution in [3.8, 4) is 0 Å². The molecule has 0 atom stereocenters. The molecule has 0 aliphatic rings. The number of halogens is 3. The van der Waals surface area contributed by atoms with E-state index in [1.165, 1.54) is 0 Å². The van der Waals surface area contributed by atoms with E-state index in [-0.39, 0.29) is 0 Å². The number of aryl methyl sites for hydroxylation is 1. The van der Waals surface area contributed by atoms with Gasteiger partial charge < -0.3 is 5.32 Å². The van der Waals surface area contributed by atoms with Crippen LogP contribution in [-0.4, -0.2) is 12.0 Å². The van der Waals surface area contributed by atoms with Gasteiger partial charge in [-0.3, -0.25) is 0 Å². The summed E-state index contributed by atoms with van der Waals surface area (Å²) in [5.41, 5.74) is 0.573. The van der Waals surface area contributed by atoms with Gasteiger partial charge >= 0.3 is 6.18 Å². The summed E-state index contributed by atoms with van der Waals surface area (Å²) in [6, 6.07) is 0. The molecule has 0 saturated heterocycles. The van der Waals surface area contributed by atoms with Crippen molar-refractivity contribution in [1.82, 2.24) is 10.3 Å². The zero-order valence-corrected chi connectivity index (χ0v) is 9.43. The second-order valence-electron chi connectivity index (χ2n) is 3.17. The van der Waals surface area contributed by atoms with E-state index in [0.717, 1.165) is 17.8 Å². The normalized spacial score (nSPS) is 12.1. The lowest BCUT2D eigenvalue weighted by atomic mass is 10.2. The van der Waals surface area contributed by atoms with Crippen LogP contribution < -0.4 is 5.32 Å². The minimum Gasteiger partial charge on any atom is -0.315 e. The van der Waals surface area contributed by atoms with E-state index in [1.807, 2.05) is 6.92 Å². The van der Waals surface area contributed by atoms with Crippen molar-refractivity contribution >= 4 is 11.3 Å². The predicted octanol–water partition coefficient (Wildman–Crippen LogP) is 2.83. The summed E-state index contributed by atoms with van der Waals surface area (Å²) in [5.74, 6) is 0. The number of nitrogens with zero attached hydrogens (tertiary/aromatic N) is 1. The van der Waals surface area contributed by atoms with Gasteiger partial charge in [0.25, 0.3) is 0 Å². The zero-order chi connectivity index (χ0) is 11.5. The Labute approximate surface area is 90.5 Å². The monoisotopic (exact) mass is 238 g/mol. The van der Waals surface area contributed by atoms with Gasteiger partial charge in [-0.15, -0.1) is 11.3 Å². The molecule has 15 heavy (non-hydrogen) atoms. The van der Waals surface area contributed by atoms with Gasteiger partial charge in [-0.2, -0.15) is 13.2 Å². The first kappa shape index (κ1) is 12.4. The summed E-state index contributed by atoms with van der Waals surface area (Å²) < 4.78 is 37.2. The Bertz CT molecular complexity index is 296. The van der Waals surface area contributed by atoms with E-state index in [9.17, 15) is 13.2 Å². The fraction of sp³-hybridized carbons (Fsp3) is 0.667. The molecule has 0 aliphatic heterocycles. The molecular weight excluding hydrogens is 225 g/mol. The molecule has 0 radical (unpaired) electrons. The molecule has 1 aromatic heterocycles. The van der Waals surface area contributed by atoms with Gasteiger partial charge in [0, 0.05) is 11.4 Å². The van der Waals surface area contributed by atoms with Crippen LogP contribution in [0.25, 0.3) is 0 Å². The molecular formula is C9H13F3N2S. The lowest BCUT2D eigenvalue weighted by Gasteiger charge is -1.98. The number of rotatable bonds is 4. The van der Waals surface area contributed by atoms with Crippen LogP contribution >= 0.6 is 11.3 Å². The highest BCUT2D eigenvalue weighted by Crippen LogP contribution is 2.34. The Morgan fingerprint density at radius 1 is 1.40 bits per heavy atom. The smallest absolute Gasteiger partial charge is 0.315 e. The molecule has 2 nitrogen and oxygen atoms in total. The molecule has 0 aromatic carbocycles. The molecule has 86 valence electrons. The molecule has 0 saturated carbocycles. The van der Waals surface area contributed by atoms with Crippen LogP contribution in [0.2, 0.25) is 0 Å². The van der Waals surface area contributed by atoms with Crippen molar-refractivity contribution in [2.45, 2.75) is 32.5 Å². The van der Waals surface area contributed by atoms with Crippen LogP contribution in [0.5, 0.6) is 0 Å². The SMILES string of the molecule is CCCc1nc(C(F)(F)F)sc1CNC. The topological polar surface area (TPSA) is 24.9 Å². The highest BCUT2D eigenvalue weighted by atomic mass is 32.1. The van der Waals surface area contributed by atoms with Gasteiger partial charge in [-0.25, -0.2) is 4.98 Å². The largest absolute Gasteiger partial charge is 0.443 e. The molecule has 1 rings (SSSR count). The van der Waals surface area contributed by atoms with Crippen molar-refractivity contribution in [2.24, 2.45) is 0 Å². The summed E-state index contributed by atoms with van der Waals surface area (Å²) in [4.78, 5) is 4.33. The summed E-state index contributed by atoms with van der Waals surface area (Å²) in [6.45, 7) is 2.37. The van der Waals surface area contributed by atoms with Gasteiger partial charge in [-0.1, -0.05) is 13.3 Å². The van der Waals surface area contributed by atoms with Gasteiger partial charge in [0.1, 0.15) is 0 Å². The lowest BCUT2D eigenvalue weighted by molar-refractivity contribution is -0.137. The third-order valence-corrected chi connectivity index (χ3v) is 2.99. The van der Waals surface area contributed by atoms with E-state index in [1.54, 1.807) is 7.05 Å². The van der Waals surface area contributed by atoms with E-state index in [2.05, 4.69) is 10.3 Å². The maximum Gasteiger partial charge on any atom is 0.443 e. The Morgan fingerprint density at radius 2 is 2.07 bits per heavy atom. The average Bonchev–Trinajstić information content (AvgIpc) is 2.50. The van der Waals surface area contributed by atoms with Crippen LogP contribution in [-0.2, 0) is 19.1 Å². The number of nitrogens with one attached hydrogen (secondary N) is 1. The second-order valence-corrected chi connectivity index (χ2v) is 4.25. The van der Waals surface area contributed by atoms with Crippen LogP contribution in [0.3, 0.4) is 0 Å². The van der Waals surface area contributed by atoms with Crippen molar-refractivity contribution in [3.63, 3.8) is 0 Å². The number of hydrogen-bond acceptors (Lipinski definition) is 3. The predicted molar refractivity (Wildman–Crippen MR) is 53.9 cm³/mol. The second kappa shape index (κ2) is 4.94. The molecule has 0 aliphatic carbocycles. The van der Waals surface area contributed by atoms with Gasteiger partial charge in [-0.05, 0) is 13.5 Å². The molecule has 1 heterocycles. The standard InChI is InChI=1S/C9H13F3N2S/c1-3-4-6-7(5-13-2)15-8(14-6)9(10,11)12/h13H,3-5H2,1-2H3. The zero-order valence-electron chi connectivity index (χ0n) is 8.61. The number of hydrogen-bond donors (Lipinski definition) is 1. The Morgan fingerprint density at radius 3 is 2.53 bits per heavy atom. The Balaban J connectivity index is 2.98. The molecule has 0 amide bonds. The highest BCUT2D eigenvalue weighted by Gasteiger charge is 2.35. The molecule has 0 fully saturated rings. The van der Waals surface area contributed by atoms with E-state index >= 15 is 0 Å². The van der Waals surface area contributed by atoms with Crippen LogP contribution in [0.15, 0.2) is 0 Å². The number of alkyl halides is 3. The third kappa shape index (κ3) is 3.17. The maximum absolute atomic E-state index is 12.4. The first-order chi connectivity index (χ1) is 6.99. The Hall–Kier alpha value is -0.620. The molecule has 1 N–H and O–H groups in total. The number of thiazole rings is 1. The van der Waals surface area contributed by atoms with E-state index < -0.39 is 11.2 Å². The van der Waals surface area contributed by atoms with Crippen molar-refractivity contribution < 1.29 is 13.2 Å². The minimum absolute atomic E-state index is 0.448. The maximum atomic E-state index is 12.4.